The Bertz CT molecular complexity index is 1430. The van der Waals surface area contributed by atoms with Gasteiger partial charge < -0.3 is 10.6 Å². The van der Waals surface area contributed by atoms with Crippen LogP contribution in [-0.2, 0) is 11.3 Å². The Kier molecular flexibility index (Phi) is 6.25. The molecule has 2 N–H and O–H groups in total. The van der Waals surface area contributed by atoms with E-state index in [1.165, 1.54) is 17.7 Å². The maximum atomic E-state index is 13.8. The highest BCUT2D eigenvalue weighted by molar-refractivity contribution is 6.37. The number of hydrogen-bond acceptors (Lipinski definition) is 5. The fourth-order valence-corrected chi connectivity index (χ4v) is 4.33. The Hall–Kier alpha value is -4.10. The number of halogens is 1. The molecule has 1 aliphatic rings. The minimum Gasteiger partial charge on any atom is -0.354 e. The molecule has 1 amide bonds. The van der Waals surface area contributed by atoms with Gasteiger partial charge in [-0.25, -0.2) is 4.39 Å². The molecule has 0 spiro atoms. The number of amides is 1. The summed E-state index contributed by atoms with van der Waals surface area (Å²) in [4.78, 5) is 24.2. The minimum atomic E-state index is -0.399. The van der Waals surface area contributed by atoms with Crippen LogP contribution in [-0.4, -0.2) is 33.9 Å². The zero-order chi connectivity index (χ0) is 24.4. The molecule has 4 aromatic rings. The molecular formula is C28H26FN5O. The predicted molar refractivity (Wildman–Crippen MR) is 138 cm³/mol. The van der Waals surface area contributed by atoms with Crippen LogP contribution in [0.4, 0.5) is 15.8 Å². The van der Waals surface area contributed by atoms with E-state index in [0.717, 1.165) is 41.9 Å². The van der Waals surface area contributed by atoms with Gasteiger partial charge in [-0.15, -0.1) is 0 Å². The van der Waals surface area contributed by atoms with Gasteiger partial charge in [-0.05, 0) is 61.1 Å². The second-order valence-corrected chi connectivity index (χ2v) is 8.44. The summed E-state index contributed by atoms with van der Waals surface area (Å²) >= 11 is 0. The maximum Gasteiger partial charge on any atom is 0.258 e. The monoisotopic (exact) mass is 467 g/mol. The van der Waals surface area contributed by atoms with E-state index in [9.17, 15) is 9.18 Å². The molecule has 0 fully saturated rings. The summed E-state index contributed by atoms with van der Waals surface area (Å²) in [5.41, 5.74) is 6.51. The molecule has 0 aliphatic carbocycles. The molecule has 0 bridgehead atoms. The van der Waals surface area contributed by atoms with Crippen molar-refractivity contribution >= 4 is 39.6 Å². The van der Waals surface area contributed by atoms with Gasteiger partial charge in [0.25, 0.3) is 5.91 Å². The standard InChI is InChI=1S/C28H26FN5O/c1-3-34(4-2)17-18-5-9-21(10-6-18)32-27(19-7-12-23-25(15-19)31-14-13-30-23)26-22-11-8-20(29)16-24(22)33-28(26)35/h5-16,32H,3-4,17H2,1-2H3,(H,33,35). The van der Waals surface area contributed by atoms with Gasteiger partial charge in [0.05, 0.1) is 28.0 Å². The molecule has 7 heteroatoms. The predicted octanol–water partition coefficient (Wildman–Crippen LogP) is 5.54. The van der Waals surface area contributed by atoms with E-state index >= 15 is 0 Å². The smallest absolute Gasteiger partial charge is 0.258 e. The fraction of sp³-hybridized carbons (Fsp3) is 0.179. The highest BCUT2D eigenvalue weighted by Crippen LogP contribution is 2.38. The number of anilines is 2. The van der Waals surface area contributed by atoms with E-state index in [4.69, 9.17) is 0 Å². The molecule has 1 aliphatic heterocycles. The minimum absolute atomic E-state index is 0.287. The molecular weight excluding hydrogens is 441 g/mol. The van der Waals surface area contributed by atoms with Crippen molar-refractivity contribution in [1.82, 2.24) is 14.9 Å². The van der Waals surface area contributed by atoms with Gasteiger partial charge in [0.2, 0.25) is 0 Å². The lowest BCUT2D eigenvalue weighted by atomic mass is 9.99. The first-order valence-corrected chi connectivity index (χ1v) is 11.7. The van der Waals surface area contributed by atoms with Gasteiger partial charge >= 0.3 is 0 Å². The van der Waals surface area contributed by atoms with Crippen LogP contribution in [0.2, 0.25) is 0 Å². The molecule has 2 heterocycles. The molecule has 5 rings (SSSR count). The van der Waals surface area contributed by atoms with Crippen LogP contribution in [0.5, 0.6) is 0 Å². The van der Waals surface area contributed by atoms with Gasteiger partial charge in [-0.2, -0.15) is 0 Å². The first-order chi connectivity index (χ1) is 17.1. The number of fused-ring (bicyclic) bond motifs is 2. The summed E-state index contributed by atoms with van der Waals surface area (Å²) < 4.78 is 13.8. The second-order valence-electron chi connectivity index (χ2n) is 8.44. The van der Waals surface area contributed by atoms with Gasteiger partial charge in [0, 0.05) is 35.8 Å². The molecule has 3 aromatic carbocycles. The third-order valence-corrected chi connectivity index (χ3v) is 6.26. The highest BCUT2D eigenvalue weighted by Gasteiger charge is 2.29. The first-order valence-electron chi connectivity index (χ1n) is 11.7. The van der Waals surface area contributed by atoms with E-state index in [1.807, 2.05) is 30.3 Å². The Morgan fingerprint density at radius 1 is 0.943 bits per heavy atom. The number of nitrogens with zero attached hydrogens (tertiary/aromatic N) is 3. The van der Waals surface area contributed by atoms with Gasteiger partial charge in [-0.1, -0.05) is 32.0 Å². The van der Waals surface area contributed by atoms with Gasteiger partial charge in [0.15, 0.2) is 0 Å². The van der Waals surface area contributed by atoms with Crippen LogP contribution in [0.15, 0.2) is 73.1 Å². The van der Waals surface area contributed by atoms with Crippen LogP contribution in [0.1, 0.15) is 30.5 Å². The first kappa shape index (κ1) is 22.7. The van der Waals surface area contributed by atoms with Crippen molar-refractivity contribution in [3.8, 4) is 0 Å². The molecule has 0 radical (unpaired) electrons. The average Bonchev–Trinajstić information content (AvgIpc) is 3.20. The van der Waals surface area contributed by atoms with Crippen LogP contribution < -0.4 is 10.6 Å². The number of carbonyl (C=O) groups excluding carboxylic acids is 1. The maximum absolute atomic E-state index is 13.8. The third-order valence-electron chi connectivity index (χ3n) is 6.26. The SMILES string of the molecule is CCN(CC)Cc1ccc(NC(=C2C(=O)Nc3cc(F)ccc32)c2ccc3nccnc3c2)cc1. The summed E-state index contributed by atoms with van der Waals surface area (Å²) in [6.07, 6.45) is 3.29. The van der Waals surface area contributed by atoms with Crippen molar-refractivity contribution in [2.45, 2.75) is 20.4 Å². The Balaban J connectivity index is 1.59. The lowest BCUT2D eigenvalue weighted by Gasteiger charge is -2.19. The Morgan fingerprint density at radius 2 is 1.69 bits per heavy atom. The Labute approximate surface area is 203 Å². The number of hydrogen-bond donors (Lipinski definition) is 2. The average molecular weight is 468 g/mol. The molecule has 0 atom stereocenters. The quantitative estimate of drug-likeness (QED) is 0.349. The normalized spacial score (nSPS) is 14.2. The van der Waals surface area contributed by atoms with Crippen molar-refractivity contribution in [3.05, 3.63) is 95.6 Å². The summed E-state index contributed by atoms with van der Waals surface area (Å²) in [7, 11) is 0. The lowest BCUT2D eigenvalue weighted by molar-refractivity contribution is -0.110. The molecule has 1 aromatic heterocycles. The molecule has 0 unspecified atom stereocenters. The second kappa shape index (κ2) is 9.64. The summed E-state index contributed by atoms with van der Waals surface area (Å²) in [5.74, 6) is -0.685. The summed E-state index contributed by atoms with van der Waals surface area (Å²) in [6, 6.07) is 18.2. The largest absolute Gasteiger partial charge is 0.354 e. The molecule has 176 valence electrons. The number of nitrogens with one attached hydrogen (secondary N) is 2. The van der Waals surface area contributed by atoms with E-state index in [2.05, 4.69) is 51.5 Å². The van der Waals surface area contributed by atoms with Crippen molar-refractivity contribution < 1.29 is 9.18 Å². The van der Waals surface area contributed by atoms with Crippen molar-refractivity contribution in [2.24, 2.45) is 0 Å². The van der Waals surface area contributed by atoms with E-state index in [1.54, 1.807) is 18.5 Å². The topological polar surface area (TPSA) is 70.2 Å². The Morgan fingerprint density at radius 3 is 2.43 bits per heavy atom. The third kappa shape index (κ3) is 4.63. The zero-order valence-corrected chi connectivity index (χ0v) is 19.7. The summed E-state index contributed by atoms with van der Waals surface area (Å²) in [6.45, 7) is 7.18. The fourth-order valence-electron chi connectivity index (χ4n) is 4.33. The lowest BCUT2D eigenvalue weighted by Crippen LogP contribution is -2.22. The van der Waals surface area contributed by atoms with Crippen LogP contribution in [0.25, 0.3) is 22.3 Å². The van der Waals surface area contributed by atoms with Crippen molar-refractivity contribution in [2.75, 3.05) is 23.7 Å². The number of aromatic nitrogens is 2. The van der Waals surface area contributed by atoms with Crippen molar-refractivity contribution in [1.29, 1.82) is 0 Å². The van der Waals surface area contributed by atoms with Gasteiger partial charge in [-0.3, -0.25) is 19.7 Å². The zero-order valence-electron chi connectivity index (χ0n) is 19.7. The number of carbonyl (C=O) groups is 1. The molecule has 0 saturated heterocycles. The summed E-state index contributed by atoms with van der Waals surface area (Å²) in [5, 5.41) is 6.25. The van der Waals surface area contributed by atoms with Gasteiger partial charge in [0.1, 0.15) is 5.82 Å². The number of benzene rings is 3. The van der Waals surface area contributed by atoms with E-state index in [-0.39, 0.29) is 5.91 Å². The highest BCUT2D eigenvalue weighted by atomic mass is 19.1. The molecule has 6 nitrogen and oxygen atoms in total. The molecule has 35 heavy (non-hydrogen) atoms. The molecule has 0 saturated carbocycles. The van der Waals surface area contributed by atoms with Crippen LogP contribution in [0, 0.1) is 5.82 Å². The van der Waals surface area contributed by atoms with Crippen LogP contribution in [0.3, 0.4) is 0 Å². The van der Waals surface area contributed by atoms with Crippen LogP contribution >= 0.6 is 0 Å². The van der Waals surface area contributed by atoms with E-state index < -0.39 is 5.82 Å². The number of rotatable bonds is 7. The van der Waals surface area contributed by atoms with E-state index in [0.29, 0.717) is 22.5 Å². The van der Waals surface area contributed by atoms with Crippen molar-refractivity contribution in [3.63, 3.8) is 0 Å².